The van der Waals surface area contributed by atoms with Crippen LogP contribution in [0.3, 0.4) is 0 Å². The second kappa shape index (κ2) is 9.09. The van der Waals surface area contributed by atoms with Crippen LogP contribution in [-0.2, 0) is 13.6 Å². The normalized spacial score (nSPS) is 15.1. The highest BCUT2D eigenvalue weighted by atomic mass is 16.2. The molecule has 2 aromatic heterocycles. The number of anilines is 1. The molecule has 4 rings (SSSR count). The van der Waals surface area contributed by atoms with Crippen molar-refractivity contribution in [2.24, 2.45) is 7.05 Å². The van der Waals surface area contributed by atoms with Gasteiger partial charge in [-0.3, -0.25) is 23.8 Å². The van der Waals surface area contributed by atoms with Crippen molar-refractivity contribution >= 4 is 17.1 Å². The van der Waals surface area contributed by atoms with E-state index in [1.54, 1.807) is 7.05 Å². The summed E-state index contributed by atoms with van der Waals surface area (Å²) in [5.74, 6) is 0.761. The van der Waals surface area contributed by atoms with Crippen molar-refractivity contribution in [3.8, 4) is 0 Å². The molecular weight excluding hydrogens is 392 g/mol. The van der Waals surface area contributed by atoms with Crippen LogP contribution in [0.5, 0.6) is 0 Å². The zero-order chi connectivity index (χ0) is 22.0. The number of aromatic nitrogens is 4. The number of aryl methyl sites for hydroxylation is 2. The fourth-order valence-electron chi connectivity index (χ4n) is 4.36. The lowest BCUT2D eigenvalue weighted by molar-refractivity contribution is 0.251. The van der Waals surface area contributed by atoms with E-state index in [2.05, 4.69) is 46.8 Å². The highest BCUT2D eigenvalue weighted by Gasteiger charge is 2.25. The van der Waals surface area contributed by atoms with Gasteiger partial charge in [-0.05, 0) is 25.5 Å². The van der Waals surface area contributed by atoms with Gasteiger partial charge in [0.1, 0.15) is 0 Å². The van der Waals surface area contributed by atoms with Crippen LogP contribution in [0.25, 0.3) is 11.2 Å². The van der Waals surface area contributed by atoms with Crippen molar-refractivity contribution in [3.63, 3.8) is 0 Å². The first kappa shape index (κ1) is 21.4. The van der Waals surface area contributed by atoms with Crippen LogP contribution in [0, 0.1) is 6.92 Å². The van der Waals surface area contributed by atoms with Crippen LogP contribution < -0.4 is 16.1 Å². The Labute approximate surface area is 182 Å². The maximum atomic E-state index is 12.8. The van der Waals surface area contributed by atoms with Gasteiger partial charge < -0.3 is 4.90 Å². The van der Waals surface area contributed by atoms with Crippen LogP contribution in [0.1, 0.15) is 37.3 Å². The maximum Gasteiger partial charge on any atom is 0.329 e. The van der Waals surface area contributed by atoms with Gasteiger partial charge in [0.05, 0.1) is 6.54 Å². The van der Waals surface area contributed by atoms with E-state index in [-0.39, 0.29) is 5.56 Å². The molecule has 0 aliphatic carbocycles. The molecule has 1 saturated heterocycles. The minimum absolute atomic E-state index is 0.386. The molecule has 0 amide bonds. The monoisotopic (exact) mass is 424 g/mol. The van der Waals surface area contributed by atoms with Gasteiger partial charge in [0.2, 0.25) is 5.95 Å². The van der Waals surface area contributed by atoms with E-state index < -0.39 is 5.69 Å². The molecule has 1 aromatic carbocycles. The van der Waals surface area contributed by atoms with Gasteiger partial charge >= 0.3 is 5.69 Å². The Kier molecular flexibility index (Phi) is 6.27. The van der Waals surface area contributed by atoms with Crippen molar-refractivity contribution in [3.05, 3.63) is 56.2 Å². The van der Waals surface area contributed by atoms with Crippen LogP contribution in [0.4, 0.5) is 5.95 Å². The standard InChI is InChI=1S/C23H32N6O2/c1-4-5-6-10-27-11-13-28(14-12-27)22-24-20-19(21(30)25-23(31)26(20)3)29(22)16-18-9-7-8-17(2)15-18/h7-9,15H,4-6,10-14,16H2,1-3H3,(H,25,30,31). The third-order valence-electron chi connectivity index (χ3n) is 6.14. The largest absolute Gasteiger partial charge is 0.340 e. The maximum absolute atomic E-state index is 12.8. The van der Waals surface area contributed by atoms with Crippen LogP contribution in [0.2, 0.25) is 0 Å². The van der Waals surface area contributed by atoms with Gasteiger partial charge in [0.25, 0.3) is 5.56 Å². The van der Waals surface area contributed by atoms with Crippen molar-refractivity contribution in [2.75, 3.05) is 37.6 Å². The molecule has 8 nitrogen and oxygen atoms in total. The summed E-state index contributed by atoms with van der Waals surface area (Å²) in [6, 6.07) is 8.27. The molecule has 8 heteroatoms. The first-order valence-electron chi connectivity index (χ1n) is 11.2. The summed E-state index contributed by atoms with van der Waals surface area (Å²) in [7, 11) is 1.65. The Balaban J connectivity index is 1.69. The molecule has 166 valence electrons. The summed E-state index contributed by atoms with van der Waals surface area (Å²) >= 11 is 0. The number of hydrogen-bond acceptors (Lipinski definition) is 5. The zero-order valence-corrected chi connectivity index (χ0v) is 18.7. The molecule has 1 aliphatic rings. The highest BCUT2D eigenvalue weighted by Crippen LogP contribution is 2.23. The number of nitrogens with zero attached hydrogens (tertiary/aromatic N) is 5. The fraction of sp³-hybridized carbons (Fsp3) is 0.522. The van der Waals surface area contributed by atoms with Crippen LogP contribution >= 0.6 is 0 Å². The first-order chi connectivity index (χ1) is 15.0. The molecule has 1 N–H and O–H groups in total. The van der Waals surface area contributed by atoms with Crippen molar-refractivity contribution in [1.29, 1.82) is 0 Å². The minimum Gasteiger partial charge on any atom is -0.340 e. The molecule has 1 aliphatic heterocycles. The van der Waals surface area contributed by atoms with E-state index in [0.29, 0.717) is 17.7 Å². The van der Waals surface area contributed by atoms with Crippen LogP contribution in [-0.4, -0.2) is 56.7 Å². The number of benzene rings is 1. The fourth-order valence-corrected chi connectivity index (χ4v) is 4.36. The lowest BCUT2D eigenvalue weighted by atomic mass is 10.1. The van der Waals surface area contributed by atoms with Crippen LogP contribution in [0.15, 0.2) is 33.9 Å². The quantitative estimate of drug-likeness (QED) is 0.588. The molecule has 0 radical (unpaired) electrons. The predicted molar refractivity (Wildman–Crippen MR) is 124 cm³/mol. The summed E-state index contributed by atoms with van der Waals surface area (Å²) in [5, 5.41) is 0. The minimum atomic E-state index is -0.440. The predicted octanol–water partition coefficient (Wildman–Crippen LogP) is 2.09. The molecule has 0 atom stereocenters. The molecule has 0 unspecified atom stereocenters. The Bertz CT molecular complexity index is 1170. The zero-order valence-electron chi connectivity index (χ0n) is 18.7. The van der Waals surface area contributed by atoms with E-state index in [4.69, 9.17) is 4.98 Å². The van der Waals surface area contributed by atoms with E-state index in [0.717, 1.165) is 44.2 Å². The molecule has 0 bridgehead atoms. The first-order valence-corrected chi connectivity index (χ1v) is 11.2. The lowest BCUT2D eigenvalue weighted by Gasteiger charge is -2.35. The van der Waals surface area contributed by atoms with Crippen molar-refractivity contribution < 1.29 is 0 Å². The average molecular weight is 425 g/mol. The number of imidazole rings is 1. The topological polar surface area (TPSA) is 79.2 Å². The molecule has 0 saturated carbocycles. The molecule has 1 fully saturated rings. The number of nitrogens with one attached hydrogen (secondary N) is 1. The van der Waals surface area contributed by atoms with Gasteiger partial charge in [0.15, 0.2) is 11.2 Å². The molecule has 0 spiro atoms. The number of rotatable bonds is 7. The number of H-pyrrole nitrogens is 1. The van der Waals surface area contributed by atoms with E-state index >= 15 is 0 Å². The smallest absolute Gasteiger partial charge is 0.329 e. The third kappa shape index (κ3) is 4.44. The number of hydrogen-bond donors (Lipinski definition) is 1. The van der Waals surface area contributed by atoms with Gasteiger partial charge in [-0.15, -0.1) is 0 Å². The van der Waals surface area contributed by atoms with Crippen molar-refractivity contribution in [1.82, 2.24) is 24.0 Å². The summed E-state index contributed by atoms with van der Waals surface area (Å²) in [6.07, 6.45) is 3.74. The SMILES string of the molecule is CCCCCN1CCN(c2nc3c(c(=O)[nH]c(=O)n3C)n2Cc2cccc(C)c2)CC1. The third-order valence-corrected chi connectivity index (χ3v) is 6.14. The van der Waals surface area contributed by atoms with Gasteiger partial charge in [-0.1, -0.05) is 49.6 Å². The molecule has 3 aromatic rings. The molecular formula is C23H32N6O2. The molecule has 3 heterocycles. The second-order valence-corrected chi connectivity index (χ2v) is 8.51. The summed E-state index contributed by atoms with van der Waals surface area (Å²) in [5.41, 5.74) is 2.33. The molecule has 31 heavy (non-hydrogen) atoms. The average Bonchev–Trinajstić information content (AvgIpc) is 3.13. The van der Waals surface area contributed by atoms with E-state index in [1.807, 2.05) is 10.6 Å². The number of fused-ring (bicyclic) bond motifs is 1. The number of aromatic amines is 1. The second-order valence-electron chi connectivity index (χ2n) is 8.51. The number of unbranched alkanes of at least 4 members (excludes halogenated alkanes) is 2. The summed E-state index contributed by atoms with van der Waals surface area (Å²) in [4.78, 5) is 36.9. The highest BCUT2D eigenvalue weighted by molar-refractivity contribution is 5.74. The Morgan fingerprint density at radius 1 is 1.10 bits per heavy atom. The Morgan fingerprint density at radius 3 is 2.58 bits per heavy atom. The Hall–Kier alpha value is -2.87. The van der Waals surface area contributed by atoms with Gasteiger partial charge in [0, 0.05) is 33.2 Å². The lowest BCUT2D eigenvalue weighted by Crippen LogP contribution is -2.47. The summed E-state index contributed by atoms with van der Waals surface area (Å²) < 4.78 is 3.39. The van der Waals surface area contributed by atoms with E-state index in [1.165, 1.54) is 29.4 Å². The van der Waals surface area contributed by atoms with Crippen molar-refractivity contribution in [2.45, 2.75) is 39.7 Å². The number of piperazine rings is 1. The summed E-state index contributed by atoms with van der Waals surface area (Å²) in [6.45, 7) is 9.63. The van der Waals surface area contributed by atoms with Gasteiger partial charge in [-0.2, -0.15) is 4.98 Å². The van der Waals surface area contributed by atoms with Gasteiger partial charge in [-0.25, -0.2) is 4.79 Å². The Morgan fingerprint density at radius 2 is 1.87 bits per heavy atom. The van der Waals surface area contributed by atoms with E-state index in [9.17, 15) is 9.59 Å².